The summed E-state index contributed by atoms with van der Waals surface area (Å²) in [7, 11) is 1.57. The van der Waals surface area contributed by atoms with Gasteiger partial charge >= 0.3 is 0 Å². The minimum Gasteiger partial charge on any atom is -0.496 e. The van der Waals surface area contributed by atoms with Crippen LogP contribution in [-0.4, -0.2) is 64.8 Å². The van der Waals surface area contributed by atoms with Crippen LogP contribution in [0, 0.1) is 0 Å². The summed E-state index contributed by atoms with van der Waals surface area (Å²) in [6, 6.07) is 10.8. The Morgan fingerprint density at radius 2 is 1.54 bits per heavy atom. The molecule has 0 amide bonds. The molecule has 3 rings (SSSR count). The molecule has 7 nitrogen and oxygen atoms in total. The second-order valence-corrected chi connectivity index (χ2v) is 5.63. The molecule has 2 aromatic rings. The molecule has 130 valence electrons. The van der Waals surface area contributed by atoms with Crippen LogP contribution in [0.3, 0.4) is 0 Å². The molecule has 1 heterocycles. The standard InChI is InChI=1S/C17H20O7/c1-22-11-6-7-12(10-5-3-2-4-9(10)11)23-17-16(21)15(20)14(19)13(8-18)24-17/h2-7,13-21H,8H2,1H3/t13-,14+,15+,16-,17?/m1/s1. The van der Waals surface area contributed by atoms with Gasteiger partial charge in [-0.05, 0) is 12.1 Å². The van der Waals surface area contributed by atoms with Gasteiger partial charge < -0.3 is 34.6 Å². The molecule has 1 aliphatic heterocycles. The van der Waals surface area contributed by atoms with Crippen molar-refractivity contribution in [2.24, 2.45) is 0 Å². The van der Waals surface area contributed by atoms with Crippen LogP contribution in [0.5, 0.6) is 11.5 Å². The highest BCUT2D eigenvalue weighted by molar-refractivity contribution is 5.93. The molecular formula is C17H20O7. The number of benzene rings is 2. The number of aliphatic hydroxyl groups excluding tert-OH is 4. The first-order chi connectivity index (χ1) is 11.6. The summed E-state index contributed by atoms with van der Waals surface area (Å²) >= 11 is 0. The number of hydrogen-bond acceptors (Lipinski definition) is 7. The van der Waals surface area contributed by atoms with E-state index < -0.39 is 37.3 Å². The molecular weight excluding hydrogens is 316 g/mol. The Bertz CT molecular complexity index is 702. The lowest BCUT2D eigenvalue weighted by Gasteiger charge is -2.39. The van der Waals surface area contributed by atoms with Gasteiger partial charge in [0.15, 0.2) is 0 Å². The number of hydrogen-bond donors (Lipinski definition) is 4. The first-order valence-corrected chi connectivity index (χ1v) is 7.59. The molecule has 4 N–H and O–H groups in total. The third-order valence-electron chi connectivity index (χ3n) is 4.16. The second-order valence-electron chi connectivity index (χ2n) is 5.63. The Kier molecular flexibility index (Phi) is 4.88. The maximum Gasteiger partial charge on any atom is 0.229 e. The van der Waals surface area contributed by atoms with E-state index in [4.69, 9.17) is 14.2 Å². The maximum absolute atomic E-state index is 10.1. The van der Waals surface area contributed by atoms with Crippen LogP contribution in [0.4, 0.5) is 0 Å². The van der Waals surface area contributed by atoms with Gasteiger partial charge in [-0.2, -0.15) is 0 Å². The molecule has 0 aromatic heterocycles. The highest BCUT2D eigenvalue weighted by atomic mass is 16.7. The van der Waals surface area contributed by atoms with Crippen molar-refractivity contribution in [2.75, 3.05) is 13.7 Å². The minimum atomic E-state index is -1.48. The van der Waals surface area contributed by atoms with Gasteiger partial charge in [0, 0.05) is 10.8 Å². The number of rotatable bonds is 4. The smallest absolute Gasteiger partial charge is 0.229 e. The summed E-state index contributed by atoms with van der Waals surface area (Å²) in [6.07, 6.45) is -6.60. The molecule has 1 aliphatic rings. The van der Waals surface area contributed by atoms with Gasteiger partial charge in [0.05, 0.1) is 13.7 Å². The average Bonchev–Trinajstić information content (AvgIpc) is 2.62. The lowest BCUT2D eigenvalue weighted by atomic mass is 9.99. The van der Waals surface area contributed by atoms with Crippen molar-refractivity contribution >= 4 is 10.8 Å². The Balaban J connectivity index is 1.92. The highest BCUT2D eigenvalue weighted by Crippen LogP contribution is 2.34. The van der Waals surface area contributed by atoms with Crippen LogP contribution in [0.25, 0.3) is 10.8 Å². The fraction of sp³-hybridized carbons (Fsp3) is 0.412. The van der Waals surface area contributed by atoms with E-state index in [9.17, 15) is 20.4 Å². The molecule has 1 saturated heterocycles. The van der Waals surface area contributed by atoms with Crippen molar-refractivity contribution in [3.63, 3.8) is 0 Å². The molecule has 24 heavy (non-hydrogen) atoms. The number of fused-ring (bicyclic) bond motifs is 1. The topological polar surface area (TPSA) is 109 Å². The Morgan fingerprint density at radius 1 is 0.917 bits per heavy atom. The third kappa shape index (κ3) is 2.92. The van der Waals surface area contributed by atoms with Gasteiger partial charge in [-0.25, -0.2) is 0 Å². The van der Waals surface area contributed by atoms with Gasteiger partial charge in [0.2, 0.25) is 6.29 Å². The highest BCUT2D eigenvalue weighted by Gasteiger charge is 2.44. The molecule has 7 heteroatoms. The second kappa shape index (κ2) is 6.92. The maximum atomic E-state index is 10.1. The molecule has 2 aromatic carbocycles. The van der Waals surface area contributed by atoms with Crippen molar-refractivity contribution in [2.45, 2.75) is 30.7 Å². The Morgan fingerprint density at radius 3 is 2.17 bits per heavy atom. The quantitative estimate of drug-likeness (QED) is 0.624. The molecule has 1 fully saturated rings. The predicted molar refractivity (Wildman–Crippen MR) is 84.9 cm³/mol. The summed E-state index contributed by atoms with van der Waals surface area (Å²) in [4.78, 5) is 0. The van der Waals surface area contributed by atoms with Crippen molar-refractivity contribution in [3.05, 3.63) is 36.4 Å². The summed E-state index contributed by atoms with van der Waals surface area (Å²) in [5.41, 5.74) is 0. The molecule has 0 saturated carbocycles. The predicted octanol–water partition coefficient (Wildman–Crippen LogP) is 0.0271. The van der Waals surface area contributed by atoms with Crippen LogP contribution in [0.2, 0.25) is 0 Å². The van der Waals surface area contributed by atoms with Crippen molar-refractivity contribution in [3.8, 4) is 11.5 Å². The van der Waals surface area contributed by atoms with Gasteiger partial charge in [0.25, 0.3) is 0 Å². The van der Waals surface area contributed by atoms with Gasteiger partial charge in [-0.1, -0.05) is 24.3 Å². The van der Waals surface area contributed by atoms with Crippen LogP contribution in [0.1, 0.15) is 0 Å². The summed E-state index contributed by atoms with van der Waals surface area (Å²) in [6.45, 7) is -0.506. The first-order valence-electron chi connectivity index (χ1n) is 7.59. The lowest BCUT2D eigenvalue weighted by Crippen LogP contribution is -2.60. The fourth-order valence-electron chi connectivity index (χ4n) is 2.81. The minimum absolute atomic E-state index is 0.427. The van der Waals surface area contributed by atoms with Crippen LogP contribution >= 0.6 is 0 Å². The van der Waals surface area contributed by atoms with Crippen molar-refractivity contribution in [1.29, 1.82) is 0 Å². The van der Waals surface area contributed by atoms with E-state index in [1.165, 1.54) is 0 Å². The zero-order valence-corrected chi connectivity index (χ0v) is 13.1. The molecule has 0 bridgehead atoms. The van der Waals surface area contributed by atoms with E-state index in [1.54, 1.807) is 19.2 Å². The number of ether oxygens (including phenoxy) is 3. The normalized spacial score (nSPS) is 30.3. The summed E-state index contributed by atoms with van der Waals surface area (Å²) in [5.74, 6) is 1.10. The summed E-state index contributed by atoms with van der Waals surface area (Å²) < 4.78 is 16.4. The van der Waals surface area contributed by atoms with Crippen LogP contribution < -0.4 is 9.47 Å². The van der Waals surface area contributed by atoms with E-state index in [0.717, 1.165) is 10.8 Å². The number of aliphatic hydroxyl groups is 4. The largest absolute Gasteiger partial charge is 0.496 e. The summed E-state index contributed by atoms with van der Waals surface area (Å²) in [5, 5.41) is 40.6. The molecule has 0 spiro atoms. The zero-order valence-electron chi connectivity index (χ0n) is 13.1. The molecule has 0 aliphatic carbocycles. The van der Waals surface area contributed by atoms with Gasteiger partial charge in [-0.3, -0.25) is 0 Å². The Hall–Kier alpha value is -1.90. The zero-order chi connectivity index (χ0) is 17.3. The monoisotopic (exact) mass is 336 g/mol. The van der Waals surface area contributed by atoms with E-state index in [0.29, 0.717) is 11.5 Å². The van der Waals surface area contributed by atoms with Crippen LogP contribution in [0.15, 0.2) is 36.4 Å². The number of methoxy groups -OCH3 is 1. The third-order valence-corrected chi connectivity index (χ3v) is 4.16. The lowest BCUT2D eigenvalue weighted by molar-refractivity contribution is -0.277. The van der Waals surface area contributed by atoms with Crippen LogP contribution in [-0.2, 0) is 4.74 Å². The van der Waals surface area contributed by atoms with E-state index >= 15 is 0 Å². The SMILES string of the molecule is COc1ccc(OC2O[C@H](CO)[C@H](O)[C@H](O)[C@H]2O)c2ccccc12. The van der Waals surface area contributed by atoms with Gasteiger partial charge in [-0.15, -0.1) is 0 Å². The van der Waals surface area contributed by atoms with E-state index in [2.05, 4.69) is 0 Å². The van der Waals surface area contributed by atoms with Gasteiger partial charge in [0.1, 0.15) is 35.9 Å². The average molecular weight is 336 g/mol. The molecule has 1 unspecified atom stereocenters. The first kappa shape index (κ1) is 16.9. The van der Waals surface area contributed by atoms with Crippen molar-refractivity contribution < 1.29 is 34.6 Å². The van der Waals surface area contributed by atoms with Crippen molar-refractivity contribution in [1.82, 2.24) is 0 Å². The van der Waals surface area contributed by atoms with E-state index in [-0.39, 0.29) is 0 Å². The fourth-order valence-corrected chi connectivity index (χ4v) is 2.81. The molecule has 0 radical (unpaired) electrons. The van der Waals surface area contributed by atoms with E-state index in [1.807, 2.05) is 24.3 Å². The molecule has 5 atom stereocenters. The Labute approximate surface area is 138 Å².